The number of pyridine rings is 2. The third-order valence-corrected chi connectivity index (χ3v) is 8.53. The molecule has 36 heavy (non-hydrogen) atoms. The molecule has 1 atom stereocenters. The summed E-state index contributed by atoms with van der Waals surface area (Å²) < 4.78 is 11.2. The molecular weight excluding hydrogens is 495 g/mol. The maximum absolute atomic E-state index is 6.59. The van der Waals surface area contributed by atoms with Gasteiger partial charge in [-0.1, -0.05) is 23.2 Å². The predicted molar refractivity (Wildman–Crippen MR) is 146 cm³/mol. The summed E-state index contributed by atoms with van der Waals surface area (Å²) >= 11 is 13.2. The van der Waals surface area contributed by atoms with E-state index in [1.54, 1.807) is 6.20 Å². The van der Waals surface area contributed by atoms with Crippen LogP contribution < -0.4 is 10.6 Å². The lowest BCUT2D eigenvalue weighted by Gasteiger charge is -2.30. The molecule has 2 saturated heterocycles. The number of hydrogen-bond donors (Lipinski definition) is 2. The van der Waals surface area contributed by atoms with Gasteiger partial charge in [-0.2, -0.15) is 0 Å². The normalized spacial score (nSPS) is 25.2. The molecule has 196 valence electrons. The van der Waals surface area contributed by atoms with Crippen LogP contribution in [0.2, 0.25) is 10.0 Å². The van der Waals surface area contributed by atoms with Crippen LogP contribution in [0.1, 0.15) is 57.1 Å². The van der Waals surface area contributed by atoms with E-state index in [0.29, 0.717) is 39.7 Å². The van der Waals surface area contributed by atoms with E-state index in [-0.39, 0.29) is 0 Å². The Morgan fingerprint density at radius 1 is 0.889 bits per heavy atom. The van der Waals surface area contributed by atoms with Crippen molar-refractivity contribution in [1.82, 2.24) is 15.3 Å². The largest absolute Gasteiger partial charge is 0.381 e. The average molecular weight is 534 g/mol. The maximum atomic E-state index is 6.59. The molecule has 0 bridgehead atoms. The fraction of sp³-hybridized carbons (Fsp3) is 0.643. The topological polar surface area (TPSA) is 68.3 Å². The first-order valence-electron chi connectivity index (χ1n) is 13.6. The Hall–Kier alpha value is -1.44. The van der Waals surface area contributed by atoms with Crippen LogP contribution in [0.25, 0.3) is 11.3 Å². The highest BCUT2D eigenvalue weighted by Gasteiger charge is 2.24. The molecule has 3 aliphatic rings. The molecule has 1 unspecified atom stereocenters. The van der Waals surface area contributed by atoms with Gasteiger partial charge in [-0.15, -0.1) is 0 Å². The van der Waals surface area contributed by atoms with E-state index in [0.717, 1.165) is 69.2 Å². The molecule has 0 amide bonds. The van der Waals surface area contributed by atoms with Gasteiger partial charge in [0.05, 0.1) is 21.8 Å². The minimum atomic E-state index is 0.412. The second-order valence-electron chi connectivity index (χ2n) is 10.6. The summed E-state index contributed by atoms with van der Waals surface area (Å²) in [6.07, 6.45) is 12.5. The quantitative estimate of drug-likeness (QED) is 0.403. The standard InChI is InChI=1S/C28H38Cl2N4O2/c29-25-7-8-27(33-16-20-9-12-35-13-10-20)34-28(25)24-15-22(32-18-26(24)30)14-19-3-5-21(6-4-19)31-17-23-2-1-11-36-23/h7-8,15,18-21,23,31H,1-6,9-14,16-17H2,(H,33,34). The third-order valence-electron chi connectivity index (χ3n) is 7.93. The summed E-state index contributed by atoms with van der Waals surface area (Å²) in [5, 5.41) is 8.40. The fourth-order valence-electron chi connectivity index (χ4n) is 5.67. The molecule has 8 heteroatoms. The van der Waals surface area contributed by atoms with Gasteiger partial charge in [0.2, 0.25) is 0 Å². The fourth-order valence-corrected chi connectivity index (χ4v) is 6.07. The highest BCUT2D eigenvalue weighted by molar-refractivity contribution is 6.36. The van der Waals surface area contributed by atoms with E-state index in [1.807, 2.05) is 12.1 Å². The minimum Gasteiger partial charge on any atom is -0.381 e. The van der Waals surface area contributed by atoms with Gasteiger partial charge in [0, 0.05) is 56.4 Å². The zero-order valence-electron chi connectivity index (χ0n) is 21.0. The Balaban J connectivity index is 1.18. The second kappa shape index (κ2) is 12.9. The Morgan fingerprint density at radius 2 is 1.72 bits per heavy atom. The van der Waals surface area contributed by atoms with Gasteiger partial charge in [0.25, 0.3) is 0 Å². The number of hydrogen-bond acceptors (Lipinski definition) is 6. The molecule has 0 spiro atoms. The molecule has 5 rings (SSSR count). The molecule has 1 aliphatic carbocycles. The zero-order chi connectivity index (χ0) is 24.7. The zero-order valence-corrected chi connectivity index (χ0v) is 22.5. The number of halogens is 2. The number of rotatable bonds is 9. The summed E-state index contributed by atoms with van der Waals surface area (Å²) in [5.41, 5.74) is 2.63. The number of nitrogens with zero attached hydrogens (tertiary/aromatic N) is 2. The summed E-state index contributed by atoms with van der Waals surface area (Å²) in [6, 6.07) is 6.53. The first kappa shape index (κ1) is 26.2. The van der Waals surface area contributed by atoms with Gasteiger partial charge in [0.1, 0.15) is 5.82 Å². The molecule has 2 N–H and O–H groups in total. The first-order valence-corrected chi connectivity index (χ1v) is 14.4. The van der Waals surface area contributed by atoms with Crippen molar-refractivity contribution in [2.24, 2.45) is 11.8 Å². The van der Waals surface area contributed by atoms with Crippen molar-refractivity contribution in [3.63, 3.8) is 0 Å². The van der Waals surface area contributed by atoms with Crippen molar-refractivity contribution >= 4 is 29.0 Å². The predicted octanol–water partition coefficient (Wildman–Crippen LogP) is 6.16. The van der Waals surface area contributed by atoms with E-state index >= 15 is 0 Å². The van der Waals surface area contributed by atoms with Crippen LogP contribution in [-0.4, -0.2) is 55.0 Å². The van der Waals surface area contributed by atoms with Crippen LogP contribution >= 0.6 is 23.2 Å². The highest BCUT2D eigenvalue weighted by Crippen LogP contribution is 2.34. The van der Waals surface area contributed by atoms with E-state index in [2.05, 4.69) is 21.7 Å². The van der Waals surface area contributed by atoms with Crippen molar-refractivity contribution in [1.29, 1.82) is 0 Å². The third kappa shape index (κ3) is 7.11. The van der Waals surface area contributed by atoms with Crippen molar-refractivity contribution < 1.29 is 9.47 Å². The Bertz CT molecular complexity index is 988. The van der Waals surface area contributed by atoms with Gasteiger partial charge in [-0.25, -0.2) is 4.98 Å². The van der Waals surface area contributed by atoms with Crippen LogP contribution in [0.5, 0.6) is 0 Å². The van der Waals surface area contributed by atoms with E-state index in [1.165, 1.54) is 38.5 Å². The Labute approximate surface area is 224 Å². The van der Waals surface area contributed by atoms with Gasteiger partial charge < -0.3 is 20.1 Å². The van der Waals surface area contributed by atoms with E-state index in [9.17, 15) is 0 Å². The van der Waals surface area contributed by atoms with Gasteiger partial charge >= 0.3 is 0 Å². The van der Waals surface area contributed by atoms with E-state index in [4.69, 9.17) is 37.7 Å². The summed E-state index contributed by atoms with van der Waals surface area (Å²) in [6.45, 7) is 4.49. The second-order valence-corrected chi connectivity index (χ2v) is 11.4. The SMILES string of the molecule is Clc1cnc(CC2CCC(NCC3CCCO3)CC2)cc1-c1nc(NCC2CCOCC2)ccc1Cl. The molecule has 2 aromatic heterocycles. The summed E-state index contributed by atoms with van der Waals surface area (Å²) in [5.74, 6) is 2.07. The molecule has 2 aromatic rings. The Kier molecular flexibility index (Phi) is 9.37. The monoisotopic (exact) mass is 532 g/mol. The number of nitrogens with one attached hydrogen (secondary N) is 2. The highest BCUT2D eigenvalue weighted by atomic mass is 35.5. The molecule has 4 heterocycles. The Morgan fingerprint density at radius 3 is 2.50 bits per heavy atom. The molecule has 3 fully saturated rings. The number of aromatic nitrogens is 2. The summed E-state index contributed by atoms with van der Waals surface area (Å²) in [7, 11) is 0. The molecule has 1 saturated carbocycles. The van der Waals surface area contributed by atoms with Crippen LogP contribution in [0.15, 0.2) is 24.4 Å². The lowest BCUT2D eigenvalue weighted by atomic mass is 9.83. The smallest absolute Gasteiger partial charge is 0.126 e. The van der Waals surface area contributed by atoms with Crippen LogP contribution in [-0.2, 0) is 15.9 Å². The van der Waals surface area contributed by atoms with Crippen LogP contribution in [0, 0.1) is 11.8 Å². The molecule has 0 aromatic carbocycles. The maximum Gasteiger partial charge on any atom is 0.126 e. The molecule has 6 nitrogen and oxygen atoms in total. The summed E-state index contributed by atoms with van der Waals surface area (Å²) in [4.78, 5) is 9.49. The van der Waals surface area contributed by atoms with Crippen molar-refractivity contribution in [3.8, 4) is 11.3 Å². The van der Waals surface area contributed by atoms with Crippen LogP contribution in [0.3, 0.4) is 0 Å². The lowest BCUT2D eigenvalue weighted by molar-refractivity contribution is 0.0699. The molecule has 2 aliphatic heterocycles. The number of ether oxygens (including phenoxy) is 2. The number of anilines is 1. The lowest BCUT2D eigenvalue weighted by Crippen LogP contribution is -2.38. The van der Waals surface area contributed by atoms with Crippen LogP contribution in [0.4, 0.5) is 5.82 Å². The van der Waals surface area contributed by atoms with E-state index < -0.39 is 0 Å². The average Bonchev–Trinajstić information content (AvgIpc) is 3.43. The minimum absolute atomic E-state index is 0.412. The van der Waals surface area contributed by atoms with Gasteiger partial charge in [-0.3, -0.25) is 4.98 Å². The van der Waals surface area contributed by atoms with Gasteiger partial charge in [0.15, 0.2) is 0 Å². The molecule has 0 radical (unpaired) electrons. The molecular formula is C28H38Cl2N4O2. The van der Waals surface area contributed by atoms with Gasteiger partial charge in [-0.05, 0) is 87.8 Å². The van der Waals surface area contributed by atoms with Crippen molar-refractivity contribution in [3.05, 3.63) is 40.1 Å². The van der Waals surface area contributed by atoms with Crippen molar-refractivity contribution in [2.75, 3.05) is 38.2 Å². The first-order chi connectivity index (χ1) is 17.6. The van der Waals surface area contributed by atoms with Crippen molar-refractivity contribution in [2.45, 2.75) is 69.9 Å².